The van der Waals surface area contributed by atoms with Gasteiger partial charge in [-0.15, -0.1) is 11.6 Å². The van der Waals surface area contributed by atoms with Crippen LogP contribution in [0.3, 0.4) is 0 Å². The van der Waals surface area contributed by atoms with Gasteiger partial charge in [-0.1, -0.05) is 6.08 Å². The summed E-state index contributed by atoms with van der Waals surface area (Å²) < 4.78 is 27.9. The number of carbonyl (C=O) groups is 4. The monoisotopic (exact) mass is 394 g/mol. The molecule has 12 heteroatoms. The van der Waals surface area contributed by atoms with Gasteiger partial charge in [-0.2, -0.15) is 0 Å². The highest BCUT2D eigenvalue weighted by atomic mass is 35.5. The summed E-state index contributed by atoms with van der Waals surface area (Å²) in [5, 5.41) is 10.00. The van der Waals surface area contributed by atoms with Crippen LogP contribution in [-0.2, 0) is 29.0 Å². The Balaban J connectivity index is 2.13. The van der Waals surface area contributed by atoms with E-state index in [4.69, 9.17) is 11.6 Å². The van der Waals surface area contributed by atoms with Crippen LogP contribution < -0.4 is 5.32 Å². The number of fused-ring (bicyclic) bond motifs is 1. The number of sulfone groups is 1. The highest BCUT2D eigenvalue weighted by Crippen LogP contribution is 2.46. The minimum absolute atomic E-state index is 0.255. The summed E-state index contributed by atoms with van der Waals surface area (Å²) in [5.74, 6) is -3.20. The van der Waals surface area contributed by atoms with Crippen LogP contribution in [0.25, 0.3) is 0 Å². The first-order chi connectivity index (χ1) is 11.6. The van der Waals surface area contributed by atoms with Gasteiger partial charge >= 0.3 is 12.1 Å². The number of β-lactam (4-membered cyclic amide) rings is 1. The van der Waals surface area contributed by atoms with E-state index in [-0.39, 0.29) is 6.42 Å². The van der Waals surface area contributed by atoms with Crippen molar-refractivity contribution >= 4 is 45.3 Å². The maximum Gasteiger partial charge on any atom is 0.414 e. The number of nitrogens with one attached hydrogen (secondary N) is 1. The van der Waals surface area contributed by atoms with Gasteiger partial charge in [0, 0.05) is 0 Å². The molecule has 0 bridgehead atoms. The van der Waals surface area contributed by atoms with Crippen LogP contribution in [0.5, 0.6) is 0 Å². The van der Waals surface area contributed by atoms with Gasteiger partial charge < -0.3 is 14.7 Å². The second-order valence-electron chi connectivity index (χ2n) is 5.61. The molecule has 3 atom stereocenters. The lowest BCUT2D eigenvalue weighted by Crippen LogP contribution is -2.57. The van der Waals surface area contributed by atoms with Crippen LogP contribution in [0.1, 0.15) is 13.3 Å². The number of imide groups is 1. The van der Waals surface area contributed by atoms with Crippen molar-refractivity contribution in [3.8, 4) is 0 Å². The summed E-state index contributed by atoms with van der Waals surface area (Å²) in [5.41, 5.74) is 0. The van der Waals surface area contributed by atoms with Gasteiger partial charge in [0.2, 0.25) is 11.8 Å². The topological polar surface area (TPSA) is 147 Å². The molecule has 2 aliphatic rings. The van der Waals surface area contributed by atoms with Gasteiger partial charge in [-0.05, 0) is 13.0 Å². The van der Waals surface area contributed by atoms with Crippen LogP contribution >= 0.6 is 11.6 Å². The molecule has 0 radical (unpaired) electrons. The zero-order valence-electron chi connectivity index (χ0n) is 13.0. The number of carboxylic acid groups (broad SMARTS) is 1. The average Bonchev–Trinajstić information content (AvgIpc) is 2.66. The Labute approximate surface area is 147 Å². The molecule has 2 aliphatic heterocycles. The van der Waals surface area contributed by atoms with E-state index in [9.17, 15) is 32.7 Å². The van der Waals surface area contributed by atoms with Crippen molar-refractivity contribution in [1.82, 2.24) is 10.2 Å². The molecule has 0 aliphatic carbocycles. The van der Waals surface area contributed by atoms with Gasteiger partial charge in [-0.3, -0.25) is 14.9 Å². The number of hydrogen-bond acceptors (Lipinski definition) is 7. The quantitative estimate of drug-likeness (QED) is 0.351. The number of halogens is 1. The molecule has 25 heavy (non-hydrogen) atoms. The zero-order valence-corrected chi connectivity index (χ0v) is 14.5. The first-order valence-corrected chi connectivity index (χ1v) is 9.12. The van der Waals surface area contributed by atoms with E-state index in [2.05, 4.69) is 4.74 Å². The number of carbonyl (C=O) groups excluding carboxylic acids is 3. The zero-order chi connectivity index (χ0) is 19.0. The predicted octanol–water partition coefficient (Wildman–Crippen LogP) is -0.767. The summed E-state index contributed by atoms with van der Waals surface area (Å²) in [4.78, 5) is 46.1. The molecule has 2 rings (SSSR count). The molecule has 10 nitrogen and oxygen atoms in total. The van der Waals surface area contributed by atoms with Crippen LogP contribution in [0.4, 0.5) is 4.79 Å². The SMILES string of the molecule is C[C@]1(C=CCOC(=O)NC(=O)CCl)[C@H](C(=O)O)N2C(=O)C[C@H]2S1(=O)=O. The Morgan fingerprint density at radius 2 is 2.12 bits per heavy atom. The van der Waals surface area contributed by atoms with Crippen LogP contribution in [-0.4, -0.2) is 71.0 Å². The van der Waals surface area contributed by atoms with Crippen molar-refractivity contribution in [2.24, 2.45) is 0 Å². The molecule has 3 amide bonds. The molecule has 0 saturated carbocycles. The molecule has 0 spiro atoms. The molecule has 0 aromatic heterocycles. The minimum atomic E-state index is -3.97. The summed E-state index contributed by atoms with van der Waals surface area (Å²) in [6.45, 7) is 0.789. The smallest absolute Gasteiger partial charge is 0.414 e. The fourth-order valence-corrected chi connectivity index (χ4v) is 5.20. The number of rotatable bonds is 5. The molecule has 2 heterocycles. The second kappa shape index (κ2) is 6.64. The van der Waals surface area contributed by atoms with E-state index in [0.717, 1.165) is 17.1 Å². The van der Waals surface area contributed by atoms with E-state index in [1.54, 1.807) is 0 Å². The highest BCUT2D eigenvalue weighted by Gasteiger charge is 2.68. The summed E-state index contributed by atoms with van der Waals surface area (Å²) in [6, 6.07) is -1.56. The first kappa shape index (κ1) is 19.2. The van der Waals surface area contributed by atoms with Crippen LogP contribution in [0, 0.1) is 0 Å². The van der Waals surface area contributed by atoms with Crippen molar-refractivity contribution < 1.29 is 37.4 Å². The van der Waals surface area contributed by atoms with Crippen molar-refractivity contribution in [1.29, 1.82) is 0 Å². The largest absolute Gasteiger partial charge is 0.480 e. The van der Waals surface area contributed by atoms with Gasteiger partial charge in [0.25, 0.3) is 0 Å². The molecule has 2 fully saturated rings. The number of ether oxygens (including phenoxy) is 1. The molecule has 0 aromatic carbocycles. The Bertz CT molecular complexity index is 764. The van der Waals surface area contributed by atoms with Gasteiger partial charge in [0.05, 0.1) is 6.42 Å². The normalized spacial score (nSPS) is 29.8. The number of nitrogens with zero attached hydrogens (tertiary/aromatic N) is 1. The number of aliphatic carboxylic acids is 1. The molecular formula is C13H15ClN2O8S. The lowest BCUT2D eigenvalue weighted by atomic mass is 9.96. The molecular weight excluding hydrogens is 380 g/mol. The molecule has 2 N–H and O–H groups in total. The van der Waals surface area contributed by atoms with E-state index in [0.29, 0.717) is 0 Å². The third-order valence-corrected chi connectivity index (χ3v) is 7.03. The maximum atomic E-state index is 12.6. The van der Waals surface area contributed by atoms with E-state index in [1.165, 1.54) is 6.92 Å². The van der Waals surface area contributed by atoms with E-state index >= 15 is 0 Å². The molecule has 138 valence electrons. The van der Waals surface area contributed by atoms with Crippen molar-refractivity contribution in [2.75, 3.05) is 12.5 Å². The highest BCUT2D eigenvalue weighted by molar-refractivity contribution is 7.94. The fourth-order valence-electron chi connectivity index (χ4n) is 2.84. The number of carboxylic acids is 1. The Kier molecular flexibility index (Phi) is 5.09. The van der Waals surface area contributed by atoms with Crippen molar-refractivity contribution in [2.45, 2.75) is 29.5 Å². The third kappa shape index (κ3) is 3.09. The summed E-state index contributed by atoms with van der Waals surface area (Å²) >= 11 is 5.20. The number of alkyl halides is 1. The number of hydrogen-bond donors (Lipinski definition) is 2. The van der Waals surface area contributed by atoms with E-state index in [1.807, 2.05) is 5.32 Å². The van der Waals surface area contributed by atoms with Crippen molar-refractivity contribution in [3.05, 3.63) is 12.2 Å². The Hall–Kier alpha value is -2.14. The minimum Gasteiger partial charge on any atom is -0.480 e. The standard InChI is InChI=1S/C13H15ClN2O8S/c1-13(3-2-4-24-12(21)15-7(17)6-14)10(11(19)20)16-8(18)5-9(16)25(13,22)23/h2-3,9-10H,4-6H2,1H3,(H,19,20)(H,15,17,21)/t9-,10+,13+/m1/s1. The summed E-state index contributed by atoms with van der Waals surface area (Å²) in [7, 11) is -3.97. The molecule has 0 aromatic rings. The summed E-state index contributed by atoms with van der Waals surface area (Å²) in [6.07, 6.45) is 0.899. The van der Waals surface area contributed by atoms with Crippen LogP contribution in [0.15, 0.2) is 12.2 Å². The van der Waals surface area contributed by atoms with Gasteiger partial charge in [0.15, 0.2) is 15.9 Å². The number of alkyl carbamates (subject to hydrolysis) is 1. The number of amides is 3. The first-order valence-electron chi connectivity index (χ1n) is 7.04. The maximum absolute atomic E-state index is 12.6. The van der Waals surface area contributed by atoms with Gasteiger partial charge in [0.1, 0.15) is 22.6 Å². The third-order valence-electron chi connectivity index (χ3n) is 4.10. The lowest BCUT2D eigenvalue weighted by Gasteiger charge is -2.35. The average molecular weight is 395 g/mol. The lowest BCUT2D eigenvalue weighted by molar-refractivity contribution is -0.157. The molecule has 2 saturated heterocycles. The van der Waals surface area contributed by atoms with Crippen molar-refractivity contribution in [3.63, 3.8) is 0 Å². The van der Waals surface area contributed by atoms with Crippen LogP contribution in [0.2, 0.25) is 0 Å². The predicted molar refractivity (Wildman–Crippen MR) is 83.4 cm³/mol. The second-order valence-corrected chi connectivity index (χ2v) is 8.39. The Morgan fingerprint density at radius 3 is 2.64 bits per heavy atom. The Morgan fingerprint density at radius 1 is 1.48 bits per heavy atom. The fraction of sp³-hybridized carbons (Fsp3) is 0.538. The van der Waals surface area contributed by atoms with Gasteiger partial charge in [-0.25, -0.2) is 18.0 Å². The molecule has 0 unspecified atom stereocenters. The van der Waals surface area contributed by atoms with E-state index < -0.39 is 62.4 Å².